The predicted molar refractivity (Wildman–Crippen MR) is 49.6 cm³/mol. The van der Waals surface area contributed by atoms with Crippen LogP contribution < -0.4 is 5.73 Å². The van der Waals surface area contributed by atoms with Gasteiger partial charge < -0.3 is 5.73 Å². The molecule has 1 unspecified atom stereocenters. The molecule has 0 amide bonds. The smallest absolute Gasteiger partial charge is 0.164 e. The van der Waals surface area contributed by atoms with Crippen LogP contribution in [0.3, 0.4) is 0 Å². The zero-order valence-electron chi connectivity index (χ0n) is 7.89. The summed E-state index contributed by atoms with van der Waals surface area (Å²) in [6, 6.07) is 0. The third kappa shape index (κ3) is 2.74. The highest BCUT2D eigenvalue weighted by Gasteiger charge is 2.25. The second kappa shape index (κ2) is 4.02. The molecule has 0 spiro atoms. The maximum Gasteiger partial charge on any atom is 0.164 e. The lowest BCUT2D eigenvalue weighted by Crippen LogP contribution is -2.40. The van der Waals surface area contributed by atoms with Crippen LogP contribution in [0.25, 0.3) is 0 Å². The van der Waals surface area contributed by atoms with Crippen molar-refractivity contribution in [2.45, 2.75) is 52.2 Å². The van der Waals surface area contributed by atoms with Crippen molar-refractivity contribution in [2.75, 3.05) is 0 Å². The van der Waals surface area contributed by atoms with E-state index in [0.29, 0.717) is 24.3 Å². The van der Waals surface area contributed by atoms with Gasteiger partial charge in [-0.05, 0) is 5.94 Å². The number of hydrogen-bond acceptors (Lipinski definition) is 1. The molecule has 0 saturated carbocycles. The summed E-state index contributed by atoms with van der Waals surface area (Å²) in [5.74, 6) is 1.75. The van der Waals surface area contributed by atoms with Gasteiger partial charge in [-0.15, -0.1) is 0 Å². The summed E-state index contributed by atoms with van der Waals surface area (Å²) in [4.78, 5) is 0. The number of nitrogens with two attached hydrogens (primary N) is 1. The van der Waals surface area contributed by atoms with Crippen molar-refractivity contribution >= 4 is 6.71 Å². The van der Waals surface area contributed by atoms with E-state index in [9.17, 15) is 0 Å². The normalized spacial score (nSPS) is 14.4. The Morgan fingerprint density at radius 3 is 1.20 bits per heavy atom. The molecule has 2 heteroatoms. The fourth-order valence-corrected chi connectivity index (χ4v) is 1.98. The molecular weight excluding hydrogens is 121 g/mol. The lowest BCUT2D eigenvalue weighted by Gasteiger charge is -2.24. The first-order chi connectivity index (χ1) is 4.46. The minimum atomic E-state index is 0.333. The van der Waals surface area contributed by atoms with E-state index >= 15 is 0 Å². The first kappa shape index (κ1) is 10.0. The molecule has 0 aliphatic carbocycles. The quantitative estimate of drug-likeness (QED) is 0.599. The molecule has 0 aromatic rings. The lowest BCUT2D eigenvalue weighted by atomic mass is 9.32. The van der Waals surface area contributed by atoms with Crippen LogP contribution in [-0.2, 0) is 0 Å². The van der Waals surface area contributed by atoms with Gasteiger partial charge in [-0.25, -0.2) is 0 Å². The van der Waals surface area contributed by atoms with E-state index in [4.69, 9.17) is 5.73 Å². The van der Waals surface area contributed by atoms with Gasteiger partial charge in [-0.1, -0.05) is 46.3 Å². The Balaban J connectivity index is 3.98. The van der Waals surface area contributed by atoms with Crippen molar-refractivity contribution in [3.05, 3.63) is 0 Å². The van der Waals surface area contributed by atoms with Crippen molar-refractivity contribution in [3.8, 4) is 0 Å². The lowest BCUT2D eigenvalue weighted by molar-refractivity contribution is 0.850. The highest BCUT2D eigenvalue weighted by atomic mass is 14.6. The van der Waals surface area contributed by atoms with E-state index in [0.717, 1.165) is 0 Å². The van der Waals surface area contributed by atoms with Gasteiger partial charge in [0.1, 0.15) is 0 Å². The molecule has 0 rings (SSSR count). The molecule has 0 saturated heterocycles. The van der Waals surface area contributed by atoms with E-state index in [-0.39, 0.29) is 0 Å². The maximum absolute atomic E-state index is 5.84. The van der Waals surface area contributed by atoms with Gasteiger partial charge in [0.25, 0.3) is 0 Å². The van der Waals surface area contributed by atoms with Gasteiger partial charge in [0, 0.05) is 0 Å². The average Bonchev–Trinajstić information content (AvgIpc) is 1.59. The molecule has 0 bridgehead atoms. The zero-order chi connectivity index (χ0) is 8.31. The molecule has 0 aliphatic rings. The third-order valence-electron chi connectivity index (χ3n) is 2.15. The van der Waals surface area contributed by atoms with Gasteiger partial charge in [0.05, 0.1) is 0 Å². The van der Waals surface area contributed by atoms with Crippen LogP contribution in [-0.4, -0.2) is 12.7 Å². The first-order valence-electron chi connectivity index (χ1n) is 4.22. The van der Waals surface area contributed by atoms with Gasteiger partial charge in [0.2, 0.25) is 0 Å². The van der Waals surface area contributed by atoms with Gasteiger partial charge in [-0.2, -0.15) is 0 Å². The van der Waals surface area contributed by atoms with Crippen molar-refractivity contribution < 1.29 is 0 Å². The largest absolute Gasteiger partial charge is 0.335 e. The van der Waals surface area contributed by atoms with Crippen molar-refractivity contribution in [3.63, 3.8) is 0 Å². The Morgan fingerprint density at radius 1 is 0.900 bits per heavy atom. The van der Waals surface area contributed by atoms with Crippen LogP contribution in [0.4, 0.5) is 0 Å². The summed E-state index contributed by atoms with van der Waals surface area (Å²) in [6.07, 6.45) is 0. The predicted octanol–water partition coefficient (Wildman–Crippen LogP) is 2.19. The third-order valence-corrected chi connectivity index (χ3v) is 2.15. The molecule has 1 atom stereocenters. The van der Waals surface area contributed by atoms with Gasteiger partial charge >= 0.3 is 0 Å². The molecule has 0 fully saturated rings. The minimum absolute atomic E-state index is 0.333. The van der Waals surface area contributed by atoms with Crippen LogP contribution in [0.1, 0.15) is 34.6 Å². The number of rotatable bonds is 3. The molecule has 0 radical (unpaired) electrons. The summed E-state index contributed by atoms with van der Waals surface area (Å²) < 4.78 is 0. The van der Waals surface area contributed by atoms with Crippen LogP contribution in [0, 0.1) is 0 Å². The summed E-state index contributed by atoms with van der Waals surface area (Å²) in [5, 5.41) is 0. The standard InChI is InChI=1S/C8H20BN/c1-6(2)9(7(3)4)8(5)10/h6-8H,10H2,1-5H3. The van der Waals surface area contributed by atoms with Gasteiger partial charge in [0.15, 0.2) is 6.71 Å². The summed E-state index contributed by atoms with van der Waals surface area (Å²) in [5.41, 5.74) is 5.84. The second-order valence-electron chi connectivity index (χ2n) is 3.92. The summed E-state index contributed by atoms with van der Waals surface area (Å²) in [7, 11) is 0. The molecule has 10 heavy (non-hydrogen) atoms. The highest BCUT2D eigenvalue weighted by Crippen LogP contribution is 2.21. The van der Waals surface area contributed by atoms with Crippen molar-refractivity contribution in [2.24, 2.45) is 5.73 Å². The van der Waals surface area contributed by atoms with E-state index in [1.807, 2.05) is 0 Å². The van der Waals surface area contributed by atoms with Crippen LogP contribution >= 0.6 is 0 Å². The Kier molecular flexibility index (Phi) is 4.03. The minimum Gasteiger partial charge on any atom is -0.335 e. The molecule has 0 aromatic carbocycles. The fraction of sp³-hybridized carbons (Fsp3) is 1.00. The SMILES string of the molecule is CC(C)B(C(C)C)C(C)N. The van der Waals surface area contributed by atoms with E-state index in [2.05, 4.69) is 34.6 Å². The maximum atomic E-state index is 5.84. The van der Waals surface area contributed by atoms with E-state index < -0.39 is 0 Å². The van der Waals surface area contributed by atoms with E-state index in [1.165, 1.54) is 0 Å². The summed E-state index contributed by atoms with van der Waals surface area (Å²) >= 11 is 0. The molecule has 1 nitrogen and oxygen atoms in total. The first-order valence-corrected chi connectivity index (χ1v) is 4.22. The Hall–Kier alpha value is 0.0249. The van der Waals surface area contributed by atoms with E-state index in [1.54, 1.807) is 0 Å². The Morgan fingerprint density at radius 2 is 1.20 bits per heavy atom. The molecular formula is C8H20BN. The molecule has 0 heterocycles. The number of hydrogen-bond donors (Lipinski definition) is 1. The van der Waals surface area contributed by atoms with Crippen LogP contribution in [0.2, 0.25) is 11.6 Å². The Bertz CT molecular complexity index is 70.2. The van der Waals surface area contributed by atoms with Crippen molar-refractivity contribution in [1.29, 1.82) is 0 Å². The summed E-state index contributed by atoms with van der Waals surface area (Å²) in [6.45, 7) is 11.7. The Labute approximate surface area is 65.5 Å². The van der Waals surface area contributed by atoms with Gasteiger partial charge in [-0.3, -0.25) is 0 Å². The second-order valence-corrected chi connectivity index (χ2v) is 3.92. The monoisotopic (exact) mass is 141 g/mol. The molecule has 2 N–H and O–H groups in total. The van der Waals surface area contributed by atoms with Crippen molar-refractivity contribution in [1.82, 2.24) is 0 Å². The highest BCUT2D eigenvalue weighted by molar-refractivity contribution is 6.63. The topological polar surface area (TPSA) is 26.0 Å². The average molecular weight is 141 g/mol. The van der Waals surface area contributed by atoms with Crippen LogP contribution in [0.5, 0.6) is 0 Å². The molecule has 0 aromatic heterocycles. The molecule has 0 aliphatic heterocycles. The fourth-order valence-electron chi connectivity index (χ4n) is 1.98. The molecule has 60 valence electrons. The zero-order valence-corrected chi connectivity index (χ0v) is 7.89. The van der Waals surface area contributed by atoms with Crippen LogP contribution in [0.15, 0.2) is 0 Å².